The molecule has 10 heteroatoms. The van der Waals surface area contributed by atoms with Gasteiger partial charge in [-0.1, -0.05) is 0 Å². The van der Waals surface area contributed by atoms with Gasteiger partial charge in [-0.25, -0.2) is 17.9 Å². The lowest BCUT2D eigenvalue weighted by Crippen LogP contribution is -2.26. The highest BCUT2D eigenvalue weighted by atomic mass is 79.9. The van der Waals surface area contributed by atoms with Crippen molar-refractivity contribution in [2.24, 2.45) is 0 Å². The Bertz CT molecular complexity index is 607. The molecular formula is C10H12BrNO7S. The van der Waals surface area contributed by atoms with E-state index >= 15 is 0 Å². The molecule has 0 saturated heterocycles. The van der Waals surface area contributed by atoms with Gasteiger partial charge in [-0.15, -0.1) is 0 Å². The van der Waals surface area contributed by atoms with Crippen LogP contribution in [0.3, 0.4) is 0 Å². The van der Waals surface area contributed by atoms with E-state index in [1.807, 2.05) is 0 Å². The molecule has 0 fully saturated rings. The summed E-state index contributed by atoms with van der Waals surface area (Å²) in [6.45, 7) is 1.68. The van der Waals surface area contributed by atoms with Gasteiger partial charge in [0, 0.05) is 12.6 Å². The molecule has 8 nitrogen and oxygen atoms in total. The Morgan fingerprint density at radius 1 is 1.50 bits per heavy atom. The molecule has 0 bridgehead atoms. The first-order valence-electron chi connectivity index (χ1n) is 5.46. The summed E-state index contributed by atoms with van der Waals surface area (Å²) in [7, 11) is -3.98. The summed E-state index contributed by atoms with van der Waals surface area (Å²) in [4.78, 5) is 21.4. The molecule has 2 N–H and O–H groups in total. The first-order chi connectivity index (χ1) is 9.27. The van der Waals surface area contributed by atoms with Crippen molar-refractivity contribution in [1.29, 1.82) is 0 Å². The Labute approximate surface area is 123 Å². The van der Waals surface area contributed by atoms with Gasteiger partial charge in [0.05, 0.1) is 13.0 Å². The zero-order valence-corrected chi connectivity index (χ0v) is 12.8. The van der Waals surface area contributed by atoms with Gasteiger partial charge in [0.1, 0.15) is 4.90 Å². The fourth-order valence-corrected chi connectivity index (χ4v) is 3.21. The number of carboxylic acids is 1. The lowest BCUT2D eigenvalue weighted by atomic mass is 10.4. The molecule has 0 spiro atoms. The van der Waals surface area contributed by atoms with Crippen LogP contribution < -0.4 is 4.72 Å². The highest BCUT2D eigenvalue weighted by molar-refractivity contribution is 9.10. The van der Waals surface area contributed by atoms with E-state index in [1.54, 1.807) is 6.92 Å². The van der Waals surface area contributed by atoms with E-state index in [-0.39, 0.29) is 29.1 Å². The maximum Gasteiger partial charge on any atom is 0.371 e. The van der Waals surface area contributed by atoms with Crippen molar-refractivity contribution in [2.75, 3.05) is 13.2 Å². The largest absolute Gasteiger partial charge is 0.475 e. The van der Waals surface area contributed by atoms with Crippen molar-refractivity contribution in [3.8, 4) is 0 Å². The monoisotopic (exact) mass is 369 g/mol. The van der Waals surface area contributed by atoms with E-state index in [1.165, 1.54) is 0 Å². The minimum absolute atomic E-state index is 0.131. The predicted octanol–water partition coefficient (Wildman–Crippen LogP) is 0.972. The second kappa shape index (κ2) is 6.86. The van der Waals surface area contributed by atoms with Crippen LogP contribution in [0, 0.1) is 0 Å². The Morgan fingerprint density at radius 2 is 2.15 bits per heavy atom. The fourth-order valence-electron chi connectivity index (χ4n) is 1.24. The number of carbonyl (C=O) groups excluding carboxylic acids is 1. The third-order valence-corrected chi connectivity index (χ3v) is 4.40. The standard InChI is InChI=1S/C10H12BrNO7S/c1-2-18-8(13)3-4-12-20(16,17)7-5-6(10(14)15)19-9(7)11/h5,12H,2-4H2,1H3,(H,14,15). The first-order valence-corrected chi connectivity index (χ1v) is 7.73. The maximum atomic E-state index is 11.9. The quantitative estimate of drug-likeness (QED) is 0.686. The zero-order chi connectivity index (χ0) is 15.3. The molecule has 0 aliphatic rings. The number of hydrogen-bond donors (Lipinski definition) is 2. The average Bonchev–Trinajstić information content (AvgIpc) is 2.72. The van der Waals surface area contributed by atoms with E-state index in [4.69, 9.17) is 9.52 Å². The van der Waals surface area contributed by atoms with Crippen LogP contribution in [0.1, 0.15) is 23.9 Å². The van der Waals surface area contributed by atoms with Gasteiger partial charge < -0.3 is 14.3 Å². The Kier molecular flexibility index (Phi) is 5.72. The number of aromatic carboxylic acids is 1. The van der Waals surface area contributed by atoms with Crippen molar-refractivity contribution in [3.05, 3.63) is 16.5 Å². The van der Waals surface area contributed by atoms with Crippen molar-refractivity contribution in [3.63, 3.8) is 0 Å². The van der Waals surface area contributed by atoms with Crippen LogP contribution >= 0.6 is 15.9 Å². The van der Waals surface area contributed by atoms with Gasteiger partial charge in [-0.2, -0.15) is 0 Å². The van der Waals surface area contributed by atoms with Crippen LogP contribution in [0.5, 0.6) is 0 Å². The number of rotatable bonds is 7. The molecular weight excluding hydrogens is 358 g/mol. The molecule has 1 aromatic heterocycles. The molecule has 0 radical (unpaired) electrons. The van der Waals surface area contributed by atoms with E-state index in [2.05, 4.69) is 25.4 Å². The number of esters is 1. The van der Waals surface area contributed by atoms with Crippen LogP contribution in [0.2, 0.25) is 0 Å². The van der Waals surface area contributed by atoms with Crippen LogP contribution in [0.25, 0.3) is 0 Å². The topological polar surface area (TPSA) is 123 Å². The highest BCUT2D eigenvalue weighted by Crippen LogP contribution is 2.25. The Balaban J connectivity index is 2.74. The number of furan rings is 1. The van der Waals surface area contributed by atoms with Crippen molar-refractivity contribution >= 4 is 37.9 Å². The SMILES string of the molecule is CCOC(=O)CCNS(=O)(=O)c1cc(C(=O)O)oc1Br. The smallest absolute Gasteiger partial charge is 0.371 e. The lowest BCUT2D eigenvalue weighted by molar-refractivity contribution is -0.142. The molecule has 0 amide bonds. The summed E-state index contributed by atoms with van der Waals surface area (Å²) in [6, 6.07) is 0.874. The van der Waals surface area contributed by atoms with Gasteiger partial charge in [0.15, 0.2) is 4.67 Å². The van der Waals surface area contributed by atoms with Gasteiger partial charge in [0.2, 0.25) is 15.8 Å². The molecule has 0 aliphatic heterocycles. The summed E-state index contributed by atoms with van der Waals surface area (Å²) in [5, 5.41) is 8.71. The molecule has 0 atom stereocenters. The molecule has 0 saturated carbocycles. The molecule has 112 valence electrons. The molecule has 0 aliphatic carbocycles. The normalized spacial score (nSPS) is 11.3. The summed E-state index contributed by atoms with van der Waals surface area (Å²) in [5.74, 6) is -2.44. The van der Waals surface area contributed by atoms with Crippen molar-refractivity contribution in [2.45, 2.75) is 18.2 Å². The third kappa shape index (κ3) is 4.32. The lowest BCUT2D eigenvalue weighted by Gasteiger charge is -2.04. The number of ether oxygens (including phenoxy) is 1. The third-order valence-electron chi connectivity index (χ3n) is 2.08. The Hall–Kier alpha value is -1.39. The van der Waals surface area contributed by atoms with Crippen LogP contribution in [-0.4, -0.2) is 38.6 Å². The van der Waals surface area contributed by atoms with E-state index in [9.17, 15) is 18.0 Å². The Morgan fingerprint density at radius 3 is 2.65 bits per heavy atom. The predicted molar refractivity (Wildman–Crippen MR) is 69.8 cm³/mol. The number of carboxylic acid groups (broad SMARTS) is 1. The number of sulfonamides is 1. The molecule has 0 unspecified atom stereocenters. The van der Waals surface area contributed by atoms with Crippen molar-refractivity contribution in [1.82, 2.24) is 4.72 Å². The van der Waals surface area contributed by atoms with E-state index < -0.39 is 27.7 Å². The van der Waals surface area contributed by atoms with Crippen molar-refractivity contribution < 1.29 is 32.3 Å². The minimum atomic E-state index is -3.98. The van der Waals surface area contributed by atoms with Gasteiger partial charge in [-0.05, 0) is 22.9 Å². The van der Waals surface area contributed by atoms with E-state index in [0.29, 0.717) is 0 Å². The number of hydrogen-bond acceptors (Lipinski definition) is 6. The van der Waals surface area contributed by atoms with E-state index in [0.717, 1.165) is 6.07 Å². The van der Waals surface area contributed by atoms with Gasteiger partial charge in [-0.3, -0.25) is 4.79 Å². The van der Waals surface area contributed by atoms with Gasteiger partial charge in [0.25, 0.3) is 0 Å². The van der Waals surface area contributed by atoms with Crippen LogP contribution in [0.15, 0.2) is 20.0 Å². The summed E-state index contributed by atoms with van der Waals surface area (Å²) < 4.78 is 35.1. The zero-order valence-electron chi connectivity index (χ0n) is 10.4. The molecule has 1 aromatic rings. The number of halogens is 1. The fraction of sp³-hybridized carbons (Fsp3) is 0.400. The molecule has 20 heavy (non-hydrogen) atoms. The molecule has 0 aromatic carbocycles. The number of nitrogens with one attached hydrogen (secondary N) is 1. The molecule has 1 rings (SSSR count). The summed E-state index contributed by atoms with van der Waals surface area (Å²) in [6.07, 6.45) is -0.131. The van der Waals surface area contributed by atoms with Gasteiger partial charge >= 0.3 is 11.9 Å². The maximum absolute atomic E-state index is 11.9. The first kappa shape index (κ1) is 16.7. The summed E-state index contributed by atoms with van der Waals surface area (Å²) >= 11 is 2.83. The minimum Gasteiger partial charge on any atom is -0.475 e. The summed E-state index contributed by atoms with van der Waals surface area (Å²) in [5.41, 5.74) is 0. The highest BCUT2D eigenvalue weighted by Gasteiger charge is 2.24. The second-order valence-electron chi connectivity index (χ2n) is 3.51. The molecule has 1 heterocycles. The second-order valence-corrected chi connectivity index (χ2v) is 5.96. The number of carbonyl (C=O) groups is 2. The van der Waals surface area contributed by atoms with Crippen LogP contribution in [-0.2, 0) is 19.6 Å². The van der Waals surface area contributed by atoms with Crippen LogP contribution in [0.4, 0.5) is 0 Å². The average molecular weight is 370 g/mol.